The SMILES string of the molecule is CC1=CC=CCC=C1.CC=N/C=C(\CNC1CCN(C)C1(C)OC)COC.CCC. The highest BCUT2D eigenvalue weighted by Gasteiger charge is 2.43. The predicted octanol–water partition coefficient (Wildman–Crippen LogP) is 5.13. The Kier molecular flexibility index (Phi) is 16.3. The minimum atomic E-state index is -0.244. The van der Waals surface area contributed by atoms with Crippen LogP contribution in [0.25, 0.3) is 0 Å². The maximum absolute atomic E-state index is 5.68. The van der Waals surface area contributed by atoms with E-state index < -0.39 is 0 Å². The third-order valence-electron chi connectivity index (χ3n) is 5.03. The largest absolute Gasteiger partial charge is 0.380 e. The van der Waals surface area contributed by atoms with Crippen molar-refractivity contribution in [1.82, 2.24) is 10.2 Å². The zero-order valence-corrected chi connectivity index (χ0v) is 20.6. The van der Waals surface area contributed by atoms with E-state index in [-0.39, 0.29) is 5.72 Å². The van der Waals surface area contributed by atoms with Gasteiger partial charge in [0, 0.05) is 39.7 Å². The van der Waals surface area contributed by atoms with Crippen molar-refractivity contribution in [3.8, 4) is 0 Å². The molecule has 30 heavy (non-hydrogen) atoms. The second-order valence-corrected chi connectivity index (χ2v) is 7.71. The van der Waals surface area contributed by atoms with Crippen molar-refractivity contribution < 1.29 is 9.47 Å². The third kappa shape index (κ3) is 11.0. The summed E-state index contributed by atoms with van der Waals surface area (Å²) in [6.45, 7) is 12.8. The van der Waals surface area contributed by atoms with Gasteiger partial charge in [0.05, 0.1) is 12.6 Å². The molecule has 5 heteroatoms. The first-order chi connectivity index (χ1) is 14.4. The first-order valence-electron chi connectivity index (χ1n) is 11.0. The van der Waals surface area contributed by atoms with Crippen LogP contribution in [0.5, 0.6) is 0 Å². The van der Waals surface area contributed by atoms with Crippen molar-refractivity contribution in [2.45, 2.75) is 65.6 Å². The summed E-state index contributed by atoms with van der Waals surface area (Å²) in [4.78, 5) is 6.40. The highest BCUT2D eigenvalue weighted by atomic mass is 16.5. The van der Waals surface area contributed by atoms with Crippen LogP contribution < -0.4 is 5.32 Å². The number of nitrogens with zero attached hydrogens (tertiary/aromatic N) is 2. The number of hydrogen-bond donors (Lipinski definition) is 1. The van der Waals surface area contributed by atoms with Gasteiger partial charge in [-0.05, 0) is 46.2 Å². The molecule has 1 aliphatic carbocycles. The summed E-state index contributed by atoms with van der Waals surface area (Å²) >= 11 is 0. The van der Waals surface area contributed by atoms with Gasteiger partial charge in [0.1, 0.15) is 5.72 Å². The van der Waals surface area contributed by atoms with E-state index in [0.29, 0.717) is 12.6 Å². The molecule has 0 aromatic carbocycles. The average Bonchev–Trinajstić information content (AvgIpc) is 2.88. The summed E-state index contributed by atoms with van der Waals surface area (Å²) in [7, 11) is 5.56. The molecule has 0 radical (unpaired) electrons. The maximum atomic E-state index is 5.68. The van der Waals surface area contributed by atoms with Crippen LogP contribution in [0.2, 0.25) is 0 Å². The van der Waals surface area contributed by atoms with Gasteiger partial charge in [-0.1, -0.05) is 56.2 Å². The topological polar surface area (TPSA) is 46.1 Å². The summed E-state index contributed by atoms with van der Waals surface area (Å²) in [6, 6.07) is 0.313. The van der Waals surface area contributed by atoms with Gasteiger partial charge in [-0.15, -0.1) is 0 Å². The number of allylic oxidation sites excluding steroid dienone is 6. The molecule has 172 valence electrons. The number of aliphatic imine (C=N–C) groups is 1. The Morgan fingerprint density at radius 2 is 2.03 bits per heavy atom. The molecular weight excluding hydrogens is 374 g/mol. The van der Waals surface area contributed by atoms with Crippen molar-refractivity contribution in [3.05, 3.63) is 47.7 Å². The van der Waals surface area contributed by atoms with E-state index in [9.17, 15) is 0 Å². The Morgan fingerprint density at radius 3 is 2.63 bits per heavy atom. The van der Waals surface area contributed by atoms with Crippen LogP contribution in [0.15, 0.2) is 52.7 Å². The number of ether oxygens (including phenoxy) is 2. The molecule has 0 spiro atoms. The predicted molar refractivity (Wildman–Crippen MR) is 131 cm³/mol. The lowest BCUT2D eigenvalue weighted by Crippen LogP contribution is -2.53. The number of hydrogen-bond acceptors (Lipinski definition) is 5. The van der Waals surface area contributed by atoms with Gasteiger partial charge in [-0.3, -0.25) is 9.89 Å². The molecule has 0 bridgehead atoms. The van der Waals surface area contributed by atoms with Crippen LogP contribution in [0.1, 0.15) is 53.9 Å². The molecule has 2 aliphatic rings. The zero-order valence-electron chi connectivity index (χ0n) is 20.6. The van der Waals surface area contributed by atoms with E-state index in [0.717, 1.165) is 31.5 Å². The average molecular weight is 420 g/mol. The number of likely N-dealkylation sites (tertiary alicyclic amines) is 1. The Morgan fingerprint density at radius 1 is 1.33 bits per heavy atom. The molecule has 2 unspecified atom stereocenters. The molecule has 5 nitrogen and oxygen atoms in total. The quantitative estimate of drug-likeness (QED) is 0.581. The van der Waals surface area contributed by atoms with E-state index in [1.54, 1.807) is 20.4 Å². The highest BCUT2D eigenvalue weighted by Crippen LogP contribution is 2.28. The first-order valence-corrected chi connectivity index (χ1v) is 11.0. The van der Waals surface area contributed by atoms with Gasteiger partial charge in [0.2, 0.25) is 0 Å². The van der Waals surface area contributed by atoms with Gasteiger partial charge >= 0.3 is 0 Å². The van der Waals surface area contributed by atoms with Gasteiger partial charge in [-0.2, -0.15) is 0 Å². The van der Waals surface area contributed by atoms with Crippen LogP contribution >= 0.6 is 0 Å². The van der Waals surface area contributed by atoms with Crippen LogP contribution in [0.3, 0.4) is 0 Å². The minimum absolute atomic E-state index is 0.244. The Bertz CT molecular complexity index is 593. The highest BCUT2D eigenvalue weighted by molar-refractivity contribution is 5.54. The zero-order chi connectivity index (χ0) is 22.8. The van der Waals surface area contributed by atoms with Gasteiger partial charge in [-0.25, -0.2) is 0 Å². The van der Waals surface area contributed by atoms with E-state index >= 15 is 0 Å². The van der Waals surface area contributed by atoms with Crippen LogP contribution in [0.4, 0.5) is 0 Å². The Balaban J connectivity index is 0.000000628. The summed E-state index contributed by atoms with van der Waals surface area (Å²) in [5.74, 6) is 0. The summed E-state index contributed by atoms with van der Waals surface area (Å²) in [6.07, 6.45) is 17.7. The molecule has 2 atom stereocenters. The lowest BCUT2D eigenvalue weighted by Gasteiger charge is -2.36. The summed E-state index contributed by atoms with van der Waals surface area (Å²) in [5, 5.41) is 3.56. The minimum Gasteiger partial charge on any atom is -0.380 e. The Labute approximate surface area is 185 Å². The summed E-state index contributed by atoms with van der Waals surface area (Å²) in [5.41, 5.74) is 2.22. The smallest absolute Gasteiger partial charge is 0.133 e. The molecule has 0 aromatic rings. The van der Waals surface area contributed by atoms with Gasteiger partial charge in [0.25, 0.3) is 0 Å². The standard InChI is InChI=1S/C14H27N3O2.C8H10.C3H8/c1-6-15-9-12(11-18-4)10-16-13-7-8-17(3)14(13,2)19-5;1-8-6-4-2-3-5-7-8;1-3-2/h6,9,13,16H,7-8,10-11H2,1-5H3;2,4-7H,3H2,1H3;3H2,1-2H3/b12-9+,15-6?;;. The van der Waals surface area contributed by atoms with E-state index in [1.807, 2.05) is 13.1 Å². The lowest BCUT2D eigenvalue weighted by atomic mass is 10.1. The molecule has 1 saturated heterocycles. The molecule has 1 aliphatic heterocycles. The van der Waals surface area contributed by atoms with Gasteiger partial charge in [0.15, 0.2) is 0 Å². The molecule has 0 aromatic heterocycles. The van der Waals surface area contributed by atoms with Crippen molar-refractivity contribution in [3.63, 3.8) is 0 Å². The number of rotatable bonds is 7. The molecule has 1 fully saturated rings. The number of methoxy groups -OCH3 is 2. The molecule has 2 rings (SSSR count). The number of nitrogens with one attached hydrogen (secondary N) is 1. The van der Waals surface area contributed by atoms with Crippen molar-refractivity contribution in [1.29, 1.82) is 0 Å². The van der Waals surface area contributed by atoms with Crippen LogP contribution in [-0.2, 0) is 9.47 Å². The second-order valence-electron chi connectivity index (χ2n) is 7.71. The lowest BCUT2D eigenvalue weighted by molar-refractivity contribution is -0.101. The van der Waals surface area contributed by atoms with E-state index in [4.69, 9.17) is 9.47 Å². The summed E-state index contributed by atoms with van der Waals surface area (Å²) < 4.78 is 10.9. The fraction of sp³-hybridized carbons (Fsp3) is 0.640. The number of likely N-dealkylation sites (N-methyl/N-ethyl adjacent to an activating group) is 1. The fourth-order valence-corrected chi connectivity index (χ4v) is 3.11. The molecule has 1 N–H and O–H groups in total. The second kappa shape index (κ2) is 17.2. The monoisotopic (exact) mass is 419 g/mol. The Hall–Kier alpha value is -1.53. The molecular formula is C25H45N3O2. The molecule has 0 amide bonds. The maximum Gasteiger partial charge on any atom is 0.133 e. The van der Waals surface area contributed by atoms with Crippen LogP contribution in [-0.4, -0.2) is 63.8 Å². The molecule has 0 saturated carbocycles. The van der Waals surface area contributed by atoms with Crippen LogP contribution in [0, 0.1) is 0 Å². The first kappa shape index (κ1) is 28.5. The van der Waals surface area contributed by atoms with Gasteiger partial charge < -0.3 is 14.8 Å². The fourth-order valence-electron chi connectivity index (χ4n) is 3.11. The molecule has 1 heterocycles. The van der Waals surface area contributed by atoms with E-state index in [1.165, 1.54) is 12.0 Å². The van der Waals surface area contributed by atoms with Crippen molar-refractivity contribution in [2.24, 2.45) is 4.99 Å². The third-order valence-corrected chi connectivity index (χ3v) is 5.03. The normalized spacial score (nSPS) is 24.1. The van der Waals surface area contributed by atoms with Crippen molar-refractivity contribution >= 4 is 6.21 Å². The van der Waals surface area contributed by atoms with E-state index in [2.05, 4.69) is 80.3 Å². The van der Waals surface area contributed by atoms with Crippen molar-refractivity contribution in [2.75, 3.05) is 41.0 Å².